The lowest BCUT2D eigenvalue weighted by molar-refractivity contribution is -0.139. The number of carbonyl (C=O) groups is 2. The summed E-state index contributed by atoms with van der Waals surface area (Å²) < 4.78 is 52.9. The molecule has 0 saturated heterocycles. The van der Waals surface area contributed by atoms with Crippen LogP contribution in [0.25, 0.3) is 0 Å². The second-order valence-corrected chi connectivity index (χ2v) is 11.0. The Kier molecular flexibility index (Phi) is 8.71. The summed E-state index contributed by atoms with van der Waals surface area (Å²) in [5, 5.41) is 2.66. The summed E-state index contributed by atoms with van der Waals surface area (Å²) in [5.74, 6) is -2.20. The first kappa shape index (κ1) is 26.9. The summed E-state index contributed by atoms with van der Waals surface area (Å²) in [6, 6.07) is 7.90. The molecule has 2 aromatic carbocycles. The van der Waals surface area contributed by atoms with Crippen molar-refractivity contribution in [1.29, 1.82) is 0 Å². The number of carbonyl (C=O) groups excluding carboxylic acids is 2. The van der Waals surface area contributed by atoms with Crippen LogP contribution < -0.4 is 9.62 Å². The molecule has 11 heteroatoms. The maximum Gasteiger partial charge on any atom is 0.244 e. The van der Waals surface area contributed by atoms with Crippen LogP contribution in [0, 0.1) is 11.6 Å². The van der Waals surface area contributed by atoms with E-state index in [9.17, 15) is 26.8 Å². The van der Waals surface area contributed by atoms with Gasteiger partial charge in [-0.15, -0.1) is 0 Å². The maximum atomic E-state index is 13.6. The molecule has 3 rings (SSSR count). The fourth-order valence-electron chi connectivity index (χ4n) is 4.01. The van der Waals surface area contributed by atoms with Gasteiger partial charge in [-0.05, 0) is 55.7 Å². The summed E-state index contributed by atoms with van der Waals surface area (Å²) in [5.41, 5.74) is 0.577. The van der Waals surface area contributed by atoms with Crippen LogP contribution in [-0.2, 0) is 26.2 Å². The Balaban J connectivity index is 1.88. The van der Waals surface area contributed by atoms with E-state index in [2.05, 4.69) is 5.32 Å². The average Bonchev–Trinajstić information content (AvgIpc) is 3.30. The molecule has 0 heterocycles. The zero-order valence-electron chi connectivity index (χ0n) is 19.5. The summed E-state index contributed by atoms with van der Waals surface area (Å²) in [6.45, 7) is 0.883. The molecule has 1 aliphatic rings. The lowest BCUT2D eigenvalue weighted by Crippen LogP contribution is -2.52. The number of hydrogen-bond acceptors (Lipinski definition) is 4. The largest absolute Gasteiger partial charge is 0.352 e. The third kappa shape index (κ3) is 7.14. The van der Waals surface area contributed by atoms with E-state index in [1.54, 1.807) is 6.92 Å². The van der Waals surface area contributed by atoms with Gasteiger partial charge in [0.05, 0.1) is 17.0 Å². The molecule has 7 nitrogen and oxygen atoms in total. The van der Waals surface area contributed by atoms with E-state index in [0.29, 0.717) is 5.56 Å². The van der Waals surface area contributed by atoms with Crippen molar-refractivity contribution in [3.63, 3.8) is 0 Å². The van der Waals surface area contributed by atoms with Crippen LogP contribution in [0.4, 0.5) is 14.5 Å². The second-order valence-electron chi connectivity index (χ2n) is 8.68. The van der Waals surface area contributed by atoms with Gasteiger partial charge in [-0.2, -0.15) is 0 Å². The average molecular weight is 528 g/mol. The first-order chi connectivity index (χ1) is 16.5. The van der Waals surface area contributed by atoms with Gasteiger partial charge in [0.15, 0.2) is 0 Å². The zero-order chi connectivity index (χ0) is 25.8. The number of halogens is 3. The lowest BCUT2D eigenvalue weighted by Gasteiger charge is -2.32. The lowest BCUT2D eigenvalue weighted by atomic mass is 10.1. The number of nitrogens with one attached hydrogen (secondary N) is 1. The molecule has 0 spiro atoms. The molecular formula is C24H28ClF2N3O4S. The molecule has 190 valence electrons. The van der Waals surface area contributed by atoms with E-state index < -0.39 is 40.2 Å². The third-order valence-corrected chi connectivity index (χ3v) is 7.44. The van der Waals surface area contributed by atoms with E-state index in [4.69, 9.17) is 11.6 Å². The normalized spacial score (nSPS) is 15.0. The molecule has 0 radical (unpaired) electrons. The van der Waals surface area contributed by atoms with E-state index in [-0.39, 0.29) is 29.2 Å². The molecule has 2 amide bonds. The van der Waals surface area contributed by atoms with Gasteiger partial charge in [-0.25, -0.2) is 17.2 Å². The highest BCUT2D eigenvalue weighted by atomic mass is 35.5. The van der Waals surface area contributed by atoms with Gasteiger partial charge in [-0.1, -0.05) is 36.6 Å². The van der Waals surface area contributed by atoms with Crippen LogP contribution in [0.3, 0.4) is 0 Å². The summed E-state index contributed by atoms with van der Waals surface area (Å²) in [4.78, 5) is 27.7. The molecule has 0 bridgehead atoms. The van der Waals surface area contributed by atoms with Crippen LogP contribution in [0.2, 0.25) is 5.02 Å². The topological polar surface area (TPSA) is 86.8 Å². The number of hydrogen-bond donors (Lipinski definition) is 1. The highest BCUT2D eigenvalue weighted by Crippen LogP contribution is 2.25. The fourth-order valence-corrected chi connectivity index (χ4v) is 5.03. The number of amides is 2. The summed E-state index contributed by atoms with van der Waals surface area (Å²) in [6.07, 6.45) is 4.66. The quantitative estimate of drug-likeness (QED) is 0.536. The predicted molar refractivity (Wildman–Crippen MR) is 130 cm³/mol. The number of benzene rings is 2. The Bertz CT molecular complexity index is 1170. The van der Waals surface area contributed by atoms with Gasteiger partial charge in [0, 0.05) is 12.6 Å². The number of nitrogens with zero attached hydrogens (tertiary/aromatic N) is 2. The van der Waals surface area contributed by atoms with Crippen LogP contribution in [0.15, 0.2) is 42.5 Å². The second kappa shape index (κ2) is 11.3. The number of anilines is 1. The molecule has 35 heavy (non-hydrogen) atoms. The van der Waals surface area contributed by atoms with Gasteiger partial charge < -0.3 is 10.2 Å². The Morgan fingerprint density at radius 2 is 1.74 bits per heavy atom. The van der Waals surface area contributed by atoms with Gasteiger partial charge in [0.25, 0.3) is 0 Å². The minimum Gasteiger partial charge on any atom is -0.352 e. The van der Waals surface area contributed by atoms with Crippen molar-refractivity contribution in [3.05, 3.63) is 64.7 Å². The van der Waals surface area contributed by atoms with E-state index in [1.165, 1.54) is 35.2 Å². The zero-order valence-corrected chi connectivity index (χ0v) is 21.1. The number of rotatable bonds is 9. The van der Waals surface area contributed by atoms with Crippen LogP contribution >= 0.6 is 11.6 Å². The van der Waals surface area contributed by atoms with Crippen LogP contribution in [-0.4, -0.2) is 50.0 Å². The van der Waals surface area contributed by atoms with Crippen LogP contribution in [0.5, 0.6) is 0 Å². The highest BCUT2D eigenvalue weighted by molar-refractivity contribution is 7.92. The molecule has 1 atom stereocenters. The Labute approximate surface area is 209 Å². The SMILES string of the molecule is C[C@H](C(=O)NC1CCCC1)N(Cc1ccc(F)cc1)C(=O)CN(c1ccc(F)c(Cl)c1)S(C)(=O)=O. The van der Waals surface area contributed by atoms with Crippen molar-refractivity contribution >= 4 is 39.1 Å². The predicted octanol–water partition coefficient (Wildman–Crippen LogP) is 3.86. The monoisotopic (exact) mass is 527 g/mol. The van der Waals surface area contributed by atoms with Crippen molar-refractivity contribution < 1.29 is 26.8 Å². The van der Waals surface area contributed by atoms with Crippen LogP contribution in [0.1, 0.15) is 38.2 Å². The van der Waals surface area contributed by atoms with Gasteiger partial charge in [0.2, 0.25) is 21.8 Å². The molecule has 0 unspecified atom stereocenters. The van der Waals surface area contributed by atoms with E-state index in [1.807, 2.05) is 0 Å². The van der Waals surface area contributed by atoms with Gasteiger partial charge in [0.1, 0.15) is 24.2 Å². The molecule has 1 aliphatic carbocycles. The molecule has 1 N–H and O–H groups in total. The minimum atomic E-state index is -3.96. The van der Waals surface area contributed by atoms with Gasteiger partial charge >= 0.3 is 0 Å². The van der Waals surface area contributed by atoms with Crippen molar-refractivity contribution in [2.45, 2.75) is 51.2 Å². The Hall–Kier alpha value is -2.72. The Morgan fingerprint density at radius 3 is 2.31 bits per heavy atom. The van der Waals surface area contributed by atoms with Crippen molar-refractivity contribution in [1.82, 2.24) is 10.2 Å². The molecule has 1 fully saturated rings. The Morgan fingerprint density at radius 1 is 1.11 bits per heavy atom. The van der Waals surface area contributed by atoms with Crippen molar-refractivity contribution in [2.24, 2.45) is 0 Å². The smallest absolute Gasteiger partial charge is 0.244 e. The fraction of sp³-hybridized carbons (Fsp3) is 0.417. The molecule has 2 aromatic rings. The first-order valence-electron chi connectivity index (χ1n) is 11.2. The van der Waals surface area contributed by atoms with Crippen molar-refractivity contribution in [3.8, 4) is 0 Å². The van der Waals surface area contributed by atoms with Gasteiger partial charge in [-0.3, -0.25) is 13.9 Å². The molecule has 0 aromatic heterocycles. The molecule has 1 saturated carbocycles. The third-order valence-electron chi connectivity index (χ3n) is 6.01. The van der Waals surface area contributed by atoms with E-state index in [0.717, 1.165) is 48.4 Å². The van der Waals surface area contributed by atoms with E-state index >= 15 is 0 Å². The standard InChI is InChI=1S/C24H28ClF2N3O4S/c1-16(24(32)28-19-5-3-4-6-19)29(14-17-7-9-18(26)10-8-17)23(31)15-30(35(2,33)34)20-11-12-22(27)21(25)13-20/h7-13,16,19H,3-6,14-15H2,1-2H3,(H,28,32)/t16-/m1/s1. The molecular weight excluding hydrogens is 500 g/mol. The minimum absolute atomic E-state index is 0.0112. The number of sulfonamides is 1. The highest BCUT2D eigenvalue weighted by Gasteiger charge is 2.31. The maximum absolute atomic E-state index is 13.6. The summed E-state index contributed by atoms with van der Waals surface area (Å²) >= 11 is 5.82. The first-order valence-corrected chi connectivity index (χ1v) is 13.5. The summed E-state index contributed by atoms with van der Waals surface area (Å²) in [7, 11) is -3.96. The van der Waals surface area contributed by atoms with Crippen molar-refractivity contribution in [2.75, 3.05) is 17.1 Å². The molecule has 0 aliphatic heterocycles.